The highest BCUT2D eigenvalue weighted by atomic mass is 16.2. The molecule has 2 aromatic carbocycles. The first-order chi connectivity index (χ1) is 12.6. The fraction of sp³-hybridized carbons (Fsp3) is 0.150. The van der Waals surface area contributed by atoms with Gasteiger partial charge in [-0.05, 0) is 35.9 Å². The Hall–Kier alpha value is -3.59. The summed E-state index contributed by atoms with van der Waals surface area (Å²) in [6.07, 6.45) is 1.61. The van der Waals surface area contributed by atoms with Gasteiger partial charge in [0.05, 0.1) is 18.2 Å². The zero-order chi connectivity index (χ0) is 18.5. The molecule has 2 N–H and O–H groups in total. The standard InChI is InChI=1S/C20H18N4O2/c1-2-8-22-20(26)15-6-7-16-12-24(13-19(25)23-18(16)10-15)17-5-3-4-14(9-17)11-21/h2-7,9-10H,1,8,12-13H2,(H,22,26)(H,23,25). The zero-order valence-electron chi connectivity index (χ0n) is 14.2. The maximum absolute atomic E-state index is 12.3. The van der Waals surface area contributed by atoms with Crippen molar-refractivity contribution in [1.29, 1.82) is 5.26 Å². The fourth-order valence-electron chi connectivity index (χ4n) is 2.82. The number of carbonyl (C=O) groups is 2. The molecular weight excluding hydrogens is 328 g/mol. The van der Waals surface area contributed by atoms with Crippen molar-refractivity contribution in [2.24, 2.45) is 0 Å². The summed E-state index contributed by atoms with van der Waals surface area (Å²) >= 11 is 0. The van der Waals surface area contributed by atoms with E-state index in [-0.39, 0.29) is 18.4 Å². The van der Waals surface area contributed by atoms with E-state index in [0.29, 0.717) is 29.9 Å². The fourth-order valence-corrected chi connectivity index (χ4v) is 2.82. The van der Waals surface area contributed by atoms with E-state index >= 15 is 0 Å². The molecule has 0 spiro atoms. The van der Waals surface area contributed by atoms with Crippen LogP contribution in [0.3, 0.4) is 0 Å². The second-order valence-electron chi connectivity index (χ2n) is 5.94. The van der Waals surface area contributed by atoms with E-state index in [1.165, 1.54) is 0 Å². The molecule has 0 saturated carbocycles. The molecule has 0 aliphatic carbocycles. The van der Waals surface area contributed by atoms with Gasteiger partial charge in [0.15, 0.2) is 0 Å². The van der Waals surface area contributed by atoms with Gasteiger partial charge in [0, 0.05) is 30.0 Å². The van der Waals surface area contributed by atoms with Crippen LogP contribution >= 0.6 is 0 Å². The number of nitrogens with one attached hydrogen (secondary N) is 2. The van der Waals surface area contributed by atoms with Crippen molar-refractivity contribution in [3.05, 3.63) is 71.8 Å². The van der Waals surface area contributed by atoms with Gasteiger partial charge in [0.25, 0.3) is 5.91 Å². The average molecular weight is 346 g/mol. The lowest BCUT2D eigenvalue weighted by Gasteiger charge is -2.22. The van der Waals surface area contributed by atoms with Crippen LogP contribution in [0.2, 0.25) is 0 Å². The minimum atomic E-state index is -0.218. The summed E-state index contributed by atoms with van der Waals surface area (Å²) in [6, 6.07) is 14.5. The molecule has 6 heteroatoms. The van der Waals surface area contributed by atoms with Crippen LogP contribution in [0, 0.1) is 11.3 Å². The molecular formula is C20H18N4O2. The lowest BCUT2D eigenvalue weighted by Crippen LogP contribution is -2.29. The zero-order valence-corrected chi connectivity index (χ0v) is 14.2. The first-order valence-corrected chi connectivity index (χ1v) is 8.17. The first-order valence-electron chi connectivity index (χ1n) is 8.17. The van der Waals surface area contributed by atoms with Gasteiger partial charge in [-0.3, -0.25) is 9.59 Å². The molecule has 2 amide bonds. The van der Waals surface area contributed by atoms with E-state index in [1.54, 1.807) is 36.4 Å². The third kappa shape index (κ3) is 3.73. The molecule has 130 valence electrons. The van der Waals surface area contributed by atoms with Crippen LogP contribution in [0.1, 0.15) is 21.5 Å². The highest BCUT2D eigenvalue weighted by Crippen LogP contribution is 2.26. The molecule has 0 bridgehead atoms. The van der Waals surface area contributed by atoms with Gasteiger partial charge >= 0.3 is 0 Å². The van der Waals surface area contributed by atoms with Gasteiger partial charge < -0.3 is 15.5 Å². The maximum Gasteiger partial charge on any atom is 0.251 e. The van der Waals surface area contributed by atoms with Gasteiger partial charge in [-0.15, -0.1) is 6.58 Å². The monoisotopic (exact) mass is 346 g/mol. The predicted molar refractivity (Wildman–Crippen MR) is 99.8 cm³/mol. The number of carbonyl (C=O) groups excluding carboxylic acids is 2. The van der Waals surface area contributed by atoms with Crippen LogP contribution in [-0.4, -0.2) is 24.9 Å². The van der Waals surface area contributed by atoms with E-state index in [1.807, 2.05) is 17.0 Å². The predicted octanol–water partition coefficient (Wildman–Crippen LogP) is 2.43. The van der Waals surface area contributed by atoms with Crippen molar-refractivity contribution in [3.63, 3.8) is 0 Å². The number of nitrogens with zero attached hydrogens (tertiary/aromatic N) is 2. The van der Waals surface area contributed by atoms with Crippen LogP contribution in [0.4, 0.5) is 11.4 Å². The lowest BCUT2D eigenvalue weighted by molar-refractivity contribution is -0.114. The Balaban J connectivity index is 1.89. The third-order valence-electron chi connectivity index (χ3n) is 4.09. The third-order valence-corrected chi connectivity index (χ3v) is 4.09. The average Bonchev–Trinajstić information content (AvgIpc) is 2.83. The molecule has 0 fully saturated rings. The van der Waals surface area contributed by atoms with Crippen LogP contribution in [-0.2, 0) is 11.3 Å². The molecule has 0 unspecified atom stereocenters. The quantitative estimate of drug-likeness (QED) is 0.833. The Bertz CT molecular complexity index is 914. The summed E-state index contributed by atoms with van der Waals surface area (Å²) in [4.78, 5) is 26.3. The summed E-state index contributed by atoms with van der Waals surface area (Å²) in [5.74, 6) is -0.389. The molecule has 2 aromatic rings. The second-order valence-corrected chi connectivity index (χ2v) is 5.94. The van der Waals surface area contributed by atoms with Crippen molar-refractivity contribution >= 4 is 23.2 Å². The minimum absolute atomic E-state index is 0.168. The largest absolute Gasteiger partial charge is 0.358 e. The number of hydrogen-bond donors (Lipinski definition) is 2. The Kier molecular flexibility index (Phi) is 4.99. The van der Waals surface area contributed by atoms with E-state index in [4.69, 9.17) is 5.26 Å². The molecule has 0 radical (unpaired) electrons. The SMILES string of the molecule is C=CCNC(=O)c1ccc2c(c1)NC(=O)CN(c1cccc(C#N)c1)C2. The molecule has 26 heavy (non-hydrogen) atoms. The van der Waals surface area contributed by atoms with E-state index < -0.39 is 0 Å². The number of hydrogen-bond acceptors (Lipinski definition) is 4. The van der Waals surface area contributed by atoms with Gasteiger partial charge in [-0.25, -0.2) is 0 Å². The van der Waals surface area contributed by atoms with Gasteiger partial charge in [-0.2, -0.15) is 5.26 Å². The summed E-state index contributed by atoms with van der Waals surface area (Å²) in [5.41, 5.74) is 3.35. The van der Waals surface area contributed by atoms with E-state index in [2.05, 4.69) is 23.3 Å². The Morgan fingerprint density at radius 1 is 1.31 bits per heavy atom. The minimum Gasteiger partial charge on any atom is -0.358 e. The molecule has 3 rings (SSSR count). The van der Waals surface area contributed by atoms with Gasteiger partial charge in [0.2, 0.25) is 5.91 Å². The number of anilines is 2. The molecule has 1 aliphatic rings. The number of nitriles is 1. The van der Waals surface area contributed by atoms with Crippen molar-refractivity contribution in [2.75, 3.05) is 23.3 Å². The maximum atomic E-state index is 12.3. The highest BCUT2D eigenvalue weighted by molar-refractivity contribution is 5.99. The van der Waals surface area contributed by atoms with Crippen molar-refractivity contribution in [1.82, 2.24) is 5.32 Å². The van der Waals surface area contributed by atoms with E-state index in [9.17, 15) is 9.59 Å². The number of amides is 2. The summed E-state index contributed by atoms with van der Waals surface area (Å²) in [7, 11) is 0. The van der Waals surface area contributed by atoms with Crippen molar-refractivity contribution in [3.8, 4) is 6.07 Å². The van der Waals surface area contributed by atoms with E-state index in [0.717, 1.165) is 11.3 Å². The normalized spacial score (nSPS) is 13.0. The Morgan fingerprint density at radius 2 is 2.15 bits per heavy atom. The van der Waals surface area contributed by atoms with Crippen LogP contribution in [0.25, 0.3) is 0 Å². The van der Waals surface area contributed by atoms with Gasteiger partial charge in [-0.1, -0.05) is 18.2 Å². The van der Waals surface area contributed by atoms with Crippen LogP contribution in [0.15, 0.2) is 55.1 Å². The second kappa shape index (κ2) is 7.53. The number of benzene rings is 2. The topological polar surface area (TPSA) is 85.2 Å². The molecule has 0 atom stereocenters. The Labute approximate surface area is 151 Å². The molecule has 1 heterocycles. The summed E-state index contributed by atoms with van der Waals surface area (Å²) in [5, 5.41) is 14.7. The van der Waals surface area contributed by atoms with Crippen LogP contribution < -0.4 is 15.5 Å². The van der Waals surface area contributed by atoms with Crippen molar-refractivity contribution < 1.29 is 9.59 Å². The smallest absolute Gasteiger partial charge is 0.251 e. The Morgan fingerprint density at radius 3 is 2.92 bits per heavy atom. The lowest BCUT2D eigenvalue weighted by atomic mass is 10.1. The van der Waals surface area contributed by atoms with Crippen LogP contribution in [0.5, 0.6) is 0 Å². The summed E-state index contributed by atoms with van der Waals surface area (Å²) in [6.45, 7) is 4.62. The van der Waals surface area contributed by atoms with Gasteiger partial charge in [0.1, 0.15) is 0 Å². The molecule has 1 aliphatic heterocycles. The molecule has 0 aromatic heterocycles. The highest BCUT2D eigenvalue weighted by Gasteiger charge is 2.21. The molecule has 0 saturated heterocycles. The number of rotatable bonds is 4. The number of fused-ring (bicyclic) bond motifs is 1. The molecule has 6 nitrogen and oxygen atoms in total. The summed E-state index contributed by atoms with van der Waals surface area (Å²) < 4.78 is 0. The first kappa shape index (κ1) is 17.2. The van der Waals surface area contributed by atoms with Crippen molar-refractivity contribution in [2.45, 2.75) is 6.54 Å².